The van der Waals surface area contributed by atoms with Crippen LogP contribution >= 0.6 is 0 Å². The summed E-state index contributed by atoms with van der Waals surface area (Å²) < 4.78 is 5.34. The number of nitrogens with zero attached hydrogens (tertiary/aromatic N) is 1. The van der Waals surface area contributed by atoms with Crippen LogP contribution in [0.1, 0.15) is 73.9 Å². The maximum Gasteiger partial charge on any atom is 0.408 e. The minimum absolute atomic E-state index is 0.0610. The first-order valence-corrected chi connectivity index (χ1v) is 11.0. The van der Waals surface area contributed by atoms with Crippen LogP contribution in [0.3, 0.4) is 0 Å². The largest absolute Gasteiger partial charge is 0.508 e. The molecule has 3 amide bonds. The third-order valence-corrected chi connectivity index (χ3v) is 4.58. The molecule has 1 aromatic rings. The van der Waals surface area contributed by atoms with Gasteiger partial charge in [-0.3, -0.25) is 9.59 Å². The second-order valence-electron chi connectivity index (χ2n) is 9.86. The molecule has 3 N–H and O–H groups in total. The number of rotatable bonds is 8. The molecule has 180 valence electrons. The summed E-state index contributed by atoms with van der Waals surface area (Å²) in [5, 5.41) is 15.2. The molecule has 8 heteroatoms. The Kier molecular flexibility index (Phi) is 9.54. The van der Waals surface area contributed by atoms with E-state index in [1.54, 1.807) is 32.9 Å². The van der Waals surface area contributed by atoms with Gasteiger partial charge in [0.1, 0.15) is 23.4 Å². The highest BCUT2D eigenvalue weighted by Crippen LogP contribution is 2.27. The molecule has 0 aliphatic carbocycles. The molecule has 0 spiro atoms. The van der Waals surface area contributed by atoms with Crippen molar-refractivity contribution >= 4 is 17.9 Å². The summed E-state index contributed by atoms with van der Waals surface area (Å²) in [6, 6.07) is 3.89. The lowest BCUT2D eigenvalue weighted by Crippen LogP contribution is -2.57. The Morgan fingerprint density at radius 2 is 1.47 bits per heavy atom. The highest BCUT2D eigenvalue weighted by Gasteiger charge is 2.39. The minimum atomic E-state index is -0.938. The van der Waals surface area contributed by atoms with E-state index >= 15 is 0 Å². The second-order valence-corrected chi connectivity index (χ2v) is 9.86. The van der Waals surface area contributed by atoms with Crippen LogP contribution < -0.4 is 10.6 Å². The van der Waals surface area contributed by atoms with E-state index in [1.807, 2.05) is 41.5 Å². The van der Waals surface area contributed by atoms with Crippen molar-refractivity contribution in [1.82, 2.24) is 15.5 Å². The average Bonchev–Trinajstić information content (AvgIpc) is 2.61. The Balaban J connectivity index is 3.40. The highest BCUT2D eigenvalue weighted by molar-refractivity contribution is 5.92. The van der Waals surface area contributed by atoms with Gasteiger partial charge in [-0.25, -0.2) is 4.79 Å². The summed E-state index contributed by atoms with van der Waals surface area (Å²) in [6.07, 6.45) is -0.693. The summed E-state index contributed by atoms with van der Waals surface area (Å²) in [7, 11) is 0. The number of carbonyl (C=O) groups excluding carboxylic acids is 3. The third-order valence-electron chi connectivity index (χ3n) is 4.58. The quantitative estimate of drug-likeness (QED) is 0.560. The topological polar surface area (TPSA) is 108 Å². The number of nitrogens with one attached hydrogen (secondary N) is 2. The van der Waals surface area contributed by atoms with Crippen molar-refractivity contribution in [2.45, 2.75) is 92.1 Å². The molecule has 1 rings (SSSR count). The van der Waals surface area contributed by atoms with Crippen LogP contribution in [0.15, 0.2) is 24.3 Å². The standard InChI is InChI=1S/C24H39N3O5/c1-14(2)19(26-23(31)32-24(7,8)9)22(30)27(16(5)6)20(21(29)25-15(3)4)17-10-12-18(28)13-11-17/h10-16,19-20,28H,1-9H3,(H,25,29)(H,26,31). The fraction of sp³-hybridized carbons (Fsp3) is 0.625. The molecule has 1 aromatic carbocycles. The van der Waals surface area contributed by atoms with Crippen molar-refractivity contribution in [2.24, 2.45) is 5.92 Å². The Morgan fingerprint density at radius 3 is 1.88 bits per heavy atom. The molecule has 0 fully saturated rings. The molecule has 2 unspecified atom stereocenters. The number of benzene rings is 1. The van der Waals surface area contributed by atoms with E-state index < -0.39 is 29.7 Å². The zero-order valence-corrected chi connectivity index (χ0v) is 20.7. The fourth-order valence-electron chi connectivity index (χ4n) is 3.25. The molecule has 0 aromatic heterocycles. The Hall–Kier alpha value is -2.77. The van der Waals surface area contributed by atoms with Gasteiger partial charge in [-0.2, -0.15) is 0 Å². The van der Waals surface area contributed by atoms with Crippen LogP contribution in [-0.4, -0.2) is 51.6 Å². The molecule has 0 heterocycles. The van der Waals surface area contributed by atoms with Gasteiger partial charge >= 0.3 is 6.09 Å². The average molecular weight is 450 g/mol. The molecule has 8 nitrogen and oxygen atoms in total. The smallest absolute Gasteiger partial charge is 0.408 e. The summed E-state index contributed by atoms with van der Waals surface area (Å²) in [5.74, 6) is -0.916. The van der Waals surface area contributed by atoms with Gasteiger partial charge in [-0.1, -0.05) is 26.0 Å². The van der Waals surface area contributed by atoms with Gasteiger partial charge in [0, 0.05) is 12.1 Å². The van der Waals surface area contributed by atoms with Crippen LogP contribution in [0.4, 0.5) is 4.79 Å². The van der Waals surface area contributed by atoms with Crippen molar-refractivity contribution in [3.05, 3.63) is 29.8 Å². The molecule has 0 aliphatic rings. The monoisotopic (exact) mass is 449 g/mol. The van der Waals surface area contributed by atoms with E-state index in [2.05, 4.69) is 10.6 Å². The van der Waals surface area contributed by atoms with E-state index in [4.69, 9.17) is 4.74 Å². The summed E-state index contributed by atoms with van der Waals surface area (Å²) in [4.78, 5) is 40.8. The number of hydrogen-bond donors (Lipinski definition) is 3. The number of aromatic hydroxyl groups is 1. The van der Waals surface area contributed by atoms with Gasteiger partial charge in [0.15, 0.2) is 0 Å². The van der Waals surface area contributed by atoms with Gasteiger partial charge in [0.05, 0.1) is 0 Å². The predicted molar refractivity (Wildman–Crippen MR) is 124 cm³/mol. The van der Waals surface area contributed by atoms with E-state index in [-0.39, 0.29) is 29.7 Å². The SMILES string of the molecule is CC(C)NC(=O)C(c1ccc(O)cc1)N(C(=O)C(NC(=O)OC(C)(C)C)C(C)C)C(C)C. The lowest BCUT2D eigenvalue weighted by atomic mass is 9.97. The molecule has 0 bridgehead atoms. The number of hydrogen-bond acceptors (Lipinski definition) is 5. The highest BCUT2D eigenvalue weighted by atomic mass is 16.6. The minimum Gasteiger partial charge on any atom is -0.508 e. The molecule has 0 radical (unpaired) electrons. The van der Waals surface area contributed by atoms with Crippen LogP contribution in [0, 0.1) is 5.92 Å². The van der Waals surface area contributed by atoms with E-state index in [0.29, 0.717) is 5.56 Å². The predicted octanol–water partition coefficient (Wildman–Crippen LogP) is 3.74. The lowest BCUT2D eigenvalue weighted by molar-refractivity contribution is -0.145. The Bertz CT molecular complexity index is 782. The van der Waals surface area contributed by atoms with Crippen molar-refractivity contribution in [3.63, 3.8) is 0 Å². The zero-order chi connectivity index (χ0) is 24.8. The van der Waals surface area contributed by atoms with Gasteiger partial charge < -0.3 is 25.4 Å². The van der Waals surface area contributed by atoms with Crippen molar-refractivity contribution in [3.8, 4) is 5.75 Å². The van der Waals surface area contributed by atoms with Gasteiger partial charge in [-0.05, 0) is 72.1 Å². The molecule has 0 saturated heterocycles. The van der Waals surface area contributed by atoms with Crippen molar-refractivity contribution in [1.29, 1.82) is 0 Å². The molecular formula is C24H39N3O5. The lowest BCUT2D eigenvalue weighted by Gasteiger charge is -2.38. The zero-order valence-electron chi connectivity index (χ0n) is 20.7. The van der Waals surface area contributed by atoms with E-state index in [0.717, 1.165) is 0 Å². The normalized spacial score (nSPS) is 13.6. The van der Waals surface area contributed by atoms with Crippen LogP contribution in [0.5, 0.6) is 5.75 Å². The number of ether oxygens (including phenoxy) is 1. The van der Waals surface area contributed by atoms with E-state index in [9.17, 15) is 19.5 Å². The first kappa shape index (κ1) is 27.3. The first-order valence-electron chi connectivity index (χ1n) is 11.0. The summed E-state index contributed by atoms with van der Waals surface area (Å²) >= 11 is 0. The van der Waals surface area contributed by atoms with Crippen LogP contribution in [-0.2, 0) is 14.3 Å². The fourth-order valence-corrected chi connectivity index (χ4v) is 3.25. The molecule has 0 saturated carbocycles. The number of amides is 3. The maximum atomic E-state index is 13.7. The number of phenols is 1. The van der Waals surface area contributed by atoms with Crippen LogP contribution in [0.2, 0.25) is 0 Å². The van der Waals surface area contributed by atoms with E-state index in [1.165, 1.54) is 17.0 Å². The summed E-state index contributed by atoms with van der Waals surface area (Å²) in [5.41, 5.74) is -0.152. The molecule has 0 aliphatic heterocycles. The number of carbonyl (C=O) groups is 3. The molecule has 2 atom stereocenters. The second kappa shape index (κ2) is 11.2. The Morgan fingerprint density at radius 1 is 0.938 bits per heavy atom. The Labute approximate surface area is 191 Å². The number of phenolic OH excluding ortho intramolecular Hbond substituents is 1. The maximum absolute atomic E-state index is 13.7. The summed E-state index contributed by atoms with van der Waals surface area (Å²) in [6.45, 7) is 16.2. The number of alkyl carbamates (subject to hydrolysis) is 1. The first-order chi connectivity index (χ1) is 14.6. The van der Waals surface area contributed by atoms with Crippen LogP contribution in [0.25, 0.3) is 0 Å². The van der Waals surface area contributed by atoms with Crippen molar-refractivity contribution in [2.75, 3.05) is 0 Å². The van der Waals surface area contributed by atoms with Gasteiger partial charge in [0.2, 0.25) is 11.8 Å². The molecule has 32 heavy (non-hydrogen) atoms. The molecular weight excluding hydrogens is 410 g/mol. The van der Waals surface area contributed by atoms with Gasteiger partial charge in [0.25, 0.3) is 0 Å². The third kappa shape index (κ3) is 8.05. The van der Waals surface area contributed by atoms with Crippen molar-refractivity contribution < 1.29 is 24.2 Å². The van der Waals surface area contributed by atoms with Gasteiger partial charge in [-0.15, -0.1) is 0 Å².